The van der Waals surface area contributed by atoms with Gasteiger partial charge in [0.2, 0.25) is 5.91 Å². The van der Waals surface area contributed by atoms with E-state index >= 15 is 0 Å². The van der Waals surface area contributed by atoms with E-state index in [1.165, 1.54) is 25.5 Å². The van der Waals surface area contributed by atoms with Crippen LogP contribution in [0.2, 0.25) is 0 Å². The van der Waals surface area contributed by atoms with Crippen molar-refractivity contribution < 1.29 is 19.5 Å². The molecule has 0 aliphatic carbocycles. The fourth-order valence-corrected chi connectivity index (χ4v) is 1.93. The molecule has 0 aromatic carbocycles. The molecule has 2 rings (SSSR count). The number of anilines is 1. The van der Waals surface area contributed by atoms with Crippen molar-refractivity contribution in [2.24, 2.45) is 0 Å². The van der Waals surface area contributed by atoms with Crippen LogP contribution in [-0.2, 0) is 9.59 Å². The summed E-state index contributed by atoms with van der Waals surface area (Å²) in [5.74, 6) is -1.69. The molecule has 7 nitrogen and oxygen atoms in total. The number of likely N-dealkylation sites (N-methyl/N-ethyl adjacent to an activating group) is 1. The third-order valence-electron chi connectivity index (χ3n) is 3.03. The number of piperidine rings is 1. The fraction of sp³-hybridized carbons (Fsp3) is 0.333. The van der Waals surface area contributed by atoms with Crippen LogP contribution in [-0.4, -0.2) is 45.9 Å². The third-order valence-corrected chi connectivity index (χ3v) is 3.03. The van der Waals surface area contributed by atoms with Gasteiger partial charge in [0, 0.05) is 19.7 Å². The molecule has 0 spiro atoms. The molecular formula is C12H13N3O4. The molecular weight excluding hydrogens is 250 g/mol. The zero-order chi connectivity index (χ0) is 14.0. The molecule has 1 aliphatic rings. The van der Waals surface area contributed by atoms with E-state index < -0.39 is 12.0 Å². The Labute approximate surface area is 109 Å². The van der Waals surface area contributed by atoms with Crippen molar-refractivity contribution in [3.8, 4) is 0 Å². The van der Waals surface area contributed by atoms with Gasteiger partial charge < -0.3 is 10.4 Å². The van der Waals surface area contributed by atoms with Crippen LogP contribution in [0.1, 0.15) is 23.2 Å². The Balaban J connectivity index is 2.20. The predicted molar refractivity (Wildman–Crippen MR) is 65.6 cm³/mol. The zero-order valence-electron chi connectivity index (χ0n) is 10.3. The lowest BCUT2D eigenvalue weighted by Gasteiger charge is -2.29. The Kier molecular flexibility index (Phi) is 3.46. The zero-order valence-corrected chi connectivity index (χ0v) is 10.3. The quantitative estimate of drug-likeness (QED) is 0.763. The largest absolute Gasteiger partial charge is 0.478 e. The molecule has 1 saturated heterocycles. The van der Waals surface area contributed by atoms with Crippen molar-refractivity contribution >= 4 is 23.5 Å². The first-order valence-corrected chi connectivity index (χ1v) is 5.75. The van der Waals surface area contributed by atoms with Gasteiger partial charge in [0.25, 0.3) is 5.91 Å². The first kappa shape index (κ1) is 13.0. The van der Waals surface area contributed by atoms with Crippen LogP contribution in [0.25, 0.3) is 0 Å². The van der Waals surface area contributed by atoms with Crippen LogP contribution in [0.3, 0.4) is 0 Å². The van der Waals surface area contributed by atoms with Crippen molar-refractivity contribution in [2.45, 2.75) is 18.9 Å². The molecule has 2 N–H and O–H groups in total. The minimum Gasteiger partial charge on any atom is -0.478 e. The number of likely N-dealkylation sites (tertiary alicyclic amines) is 1. The lowest BCUT2D eigenvalue weighted by atomic mass is 10.0. The molecule has 0 saturated carbocycles. The summed E-state index contributed by atoms with van der Waals surface area (Å²) in [5.41, 5.74) is 0.318. The molecule has 7 heteroatoms. The van der Waals surface area contributed by atoms with Crippen LogP contribution >= 0.6 is 0 Å². The van der Waals surface area contributed by atoms with Gasteiger partial charge >= 0.3 is 5.97 Å². The number of nitrogens with one attached hydrogen (secondary N) is 1. The second-order valence-corrected chi connectivity index (χ2v) is 4.25. The summed E-state index contributed by atoms with van der Waals surface area (Å²) in [4.78, 5) is 39.2. The molecule has 19 heavy (non-hydrogen) atoms. The molecule has 1 aromatic heterocycles. The Bertz CT molecular complexity index is 544. The second-order valence-electron chi connectivity index (χ2n) is 4.25. The highest BCUT2D eigenvalue weighted by Crippen LogP contribution is 2.19. The van der Waals surface area contributed by atoms with Crippen LogP contribution < -0.4 is 5.32 Å². The van der Waals surface area contributed by atoms with Crippen LogP contribution in [0.4, 0.5) is 5.69 Å². The number of hydrogen-bond donors (Lipinski definition) is 2. The molecule has 2 heterocycles. The van der Waals surface area contributed by atoms with Crippen molar-refractivity contribution in [1.29, 1.82) is 0 Å². The Morgan fingerprint density at radius 1 is 1.53 bits per heavy atom. The number of carboxylic acids is 1. The Morgan fingerprint density at radius 3 is 2.95 bits per heavy atom. The summed E-state index contributed by atoms with van der Waals surface area (Å²) in [5, 5.41) is 11.9. The lowest BCUT2D eigenvalue weighted by Crippen LogP contribution is -2.48. The van der Waals surface area contributed by atoms with Gasteiger partial charge in [-0.25, -0.2) is 4.79 Å². The Hall–Kier alpha value is -2.44. The number of amides is 2. The lowest BCUT2D eigenvalue weighted by molar-refractivity contribution is -0.146. The number of imide groups is 1. The van der Waals surface area contributed by atoms with Gasteiger partial charge in [0.05, 0.1) is 17.4 Å². The summed E-state index contributed by atoms with van der Waals surface area (Å²) in [7, 11) is 1.42. The third kappa shape index (κ3) is 2.54. The van der Waals surface area contributed by atoms with Crippen molar-refractivity contribution in [3.63, 3.8) is 0 Å². The van der Waals surface area contributed by atoms with Crippen LogP contribution in [0, 0.1) is 0 Å². The van der Waals surface area contributed by atoms with Gasteiger partial charge in [-0.2, -0.15) is 0 Å². The molecule has 1 aromatic rings. The van der Waals surface area contributed by atoms with E-state index in [1.807, 2.05) is 0 Å². The van der Waals surface area contributed by atoms with Crippen molar-refractivity contribution in [3.05, 3.63) is 24.0 Å². The van der Waals surface area contributed by atoms with E-state index in [9.17, 15) is 14.4 Å². The number of pyridine rings is 1. The van der Waals surface area contributed by atoms with Gasteiger partial charge in [-0.15, -0.1) is 0 Å². The van der Waals surface area contributed by atoms with E-state index in [0.29, 0.717) is 6.42 Å². The highest BCUT2D eigenvalue weighted by molar-refractivity contribution is 6.02. The van der Waals surface area contributed by atoms with E-state index in [4.69, 9.17) is 5.11 Å². The van der Waals surface area contributed by atoms with Gasteiger partial charge in [0.1, 0.15) is 6.04 Å². The maximum Gasteiger partial charge on any atom is 0.337 e. The second kappa shape index (κ2) is 5.05. The first-order valence-electron chi connectivity index (χ1n) is 5.75. The number of carboxylic acid groups (broad SMARTS) is 1. The number of carbonyl (C=O) groups excluding carboxylic acids is 2. The molecule has 1 aliphatic heterocycles. The van der Waals surface area contributed by atoms with Crippen LogP contribution in [0.15, 0.2) is 18.5 Å². The SMILES string of the molecule is CN1C(=O)CCC(Nc2cnccc2C(=O)O)C1=O. The maximum absolute atomic E-state index is 11.9. The average Bonchev–Trinajstić information content (AvgIpc) is 2.40. The predicted octanol–water partition coefficient (Wildman–Crippen LogP) is 0.339. The molecule has 1 fully saturated rings. The van der Waals surface area contributed by atoms with Gasteiger partial charge in [-0.3, -0.25) is 19.5 Å². The van der Waals surface area contributed by atoms with E-state index in [0.717, 1.165) is 4.90 Å². The smallest absolute Gasteiger partial charge is 0.337 e. The maximum atomic E-state index is 11.9. The number of carbonyl (C=O) groups is 3. The van der Waals surface area contributed by atoms with Gasteiger partial charge in [0.15, 0.2) is 0 Å². The summed E-state index contributed by atoms with van der Waals surface area (Å²) < 4.78 is 0. The molecule has 0 bridgehead atoms. The van der Waals surface area contributed by atoms with Crippen LogP contribution in [0.5, 0.6) is 0 Å². The summed E-state index contributed by atoms with van der Waals surface area (Å²) in [6.07, 6.45) is 3.32. The topological polar surface area (TPSA) is 99.6 Å². The number of hydrogen-bond acceptors (Lipinski definition) is 5. The van der Waals surface area contributed by atoms with E-state index in [2.05, 4.69) is 10.3 Å². The van der Waals surface area contributed by atoms with E-state index in [1.54, 1.807) is 0 Å². The number of aromatic carboxylic acids is 1. The highest BCUT2D eigenvalue weighted by atomic mass is 16.4. The van der Waals surface area contributed by atoms with Gasteiger partial charge in [-0.1, -0.05) is 0 Å². The number of aromatic nitrogens is 1. The molecule has 2 amide bonds. The highest BCUT2D eigenvalue weighted by Gasteiger charge is 2.32. The van der Waals surface area contributed by atoms with Gasteiger partial charge in [-0.05, 0) is 12.5 Å². The number of rotatable bonds is 3. The molecule has 1 unspecified atom stereocenters. The monoisotopic (exact) mass is 263 g/mol. The number of nitrogens with zero attached hydrogens (tertiary/aromatic N) is 2. The minimum atomic E-state index is -1.10. The first-order chi connectivity index (χ1) is 9.00. The molecule has 100 valence electrons. The van der Waals surface area contributed by atoms with E-state index in [-0.39, 0.29) is 29.5 Å². The molecule has 0 radical (unpaired) electrons. The molecule has 1 atom stereocenters. The Morgan fingerprint density at radius 2 is 2.26 bits per heavy atom. The summed E-state index contributed by atoms with van der Waals surface area (Å²) >= 11 is 0. The van der Waals surface area contributed by atoms with Crippen molar-refractivity contribution in [2.75, 3.05) is 12.4 Å². The fourth-order valence-electron chi connectivity index (χ4n) is 1.93. The normalized spacial score (nSPS) is 19.4. The summed E-state index contributed by atoms with van der Waals surface area (Å²) in [6, 6.07) is 0.748. The standard InChI is InChI=1S/C12H13N3O4/c1-15-10(16)3-2-8(11(15)17)14-9-6-13-5-4-7(9)12(18)19/h4-6,8,14H,2-3H2,1H3,(H,18,19). The van der Waals surface area contributed by atoms with Crippen molar-refractivity contribution in [1.82, 2.24) is 9.88 Å². The average molecular weight is 263 g/mol. The minimum absolute atomic E-state index is 0.0438. The summed E-state index contributed by atoms with van der Waals surface area (Å²) in [6.45, 7) is 0.